The molecule has 3 amide bonds. The molecule has 2 unspecified atom stereocenters. The number of aryl methyl sites for hydroxylation is 2. The van der Waals surface area contributed by atoms with Crippen LogP contribution in [0.2, 0.25) is 0 Å². The normalized spacial score (nSPS) is 18.8. The summed E-state index contributed by atoms with van der Waals surface area (Å²) < 4.78 is 1.48. The minimum absolute atomic E-state index is 0.0189. The molecule has 1 saturated heterocycles. The molecular weight excluding hydrogens is 384 g/mol. The van der Waals surface area contributed by atoms with E-state index in [1.807, 2.05) is 45.0 Å². The van der Waals surface area contributed by atoms with Crippen LogP contribution in [-0.4, -0.2) is 33.5 Å². The van der Waals surface area contributed by atoms with E-state index >= 15 is 0 Å². The summed E-state index contributed by atoms with van der Waals surface area (Å²) in [5.41, 5.74) is 2.67. The molecule has 3 rings (SSSR count). The maximum absolute atomic E-state index is 12.4. The number of anilines is 1. The quantitative estimate of drug-likeness (QED) is 0.553. The van der Waals surface area contributed by atoms with Crippen LogP contribution >= 0.6 is 0 Å². The van der Waals surface area contributed by atoms with Crippen molar-refractivity contribution in [3.05, 3.63) is 47.2 Å². The van der Waals surface area contributed by atoms with Crippen molar-refractivity contribution >= 4 is 23.5 Å². The molecule has 9 heteroatoms. The molecular formula is C21H28N6O3. The molecule has 0 aliphatic carbocycles. The van der Waals surface area contributed by atoms with E-state index in [2.05, 4.69) is 26.4 Å². The molecule has 9 nitrogen and oxygen atoms in total. The van der Waals surface area contributed by atoms with Crippen molar-refractivity contribution in [2.45, 2.75) is 53.0 Å². The molecule has 1 aliphatic rings. The number of amides is 3. The van der Waals surface area contributed by atoms with E-state index in [0.29, 0.717) is 17.9 Å². The fraction of sp³-hybridized carbons (Fsp3) is 0.429. The fourth-order valence-corrected chi connectivity index (χ4v) is 3.22. The van der Waals surface area contributed by atoms with E-state index in [0.717, 1.165) is 11.1 Å². The van der Waals surface area contributed by atoms with Crippen molar-refractivity contribution in [3.8, 4) is 0 Å². The number of aromatic nitrogens is 2. The van der Waals surface area contributed by atoms with Gasteiger partial charge in [0.15, 0.2) is 6.29 Å². The Balaban J connectivity index is 1.66. The lowest BCUT2D eigenvalue weighted by atomic mass is 9.99. The Kier molecular flexibility index (Phi) is 6.51. The Hall–Kier alpha value is -3.20. The summed E-state index contributed by atoms with van der Waals surface area (Å²) in [6.07, 6.45) is -0.240. The van der Waals surface area contributed by atoms with Crippen molar-refractivity contribution in [3.63, 3.8) is 0 Å². The van der Waals surface area contributed by atoms with Gasteiger partial charge < -0.3 is 16.0 Å². The first kappa shape index (κ1) is 21.5. The summed E-state index contributed by atoms with van der Waals surface area (Å²) in [6, 6.07) is 9.31. The van der Waals surface area contributed by atoms with E-state index in [9.17, 15) is 14.4 Å². The topological polar surface area (TPSA) is 117 Å². The number of carbonyl (C=O) groups is 3. The van der Waals surface area contributed by atoms with E-state index in [1.54, 1.807) is 13.0 Å². The van der Waals surface area contributed by atoms with Gasteiger partial charge in [-0.15, -0.1) is 0 Å². The van der Waals surface area contributed by atoms with Gasteiger partial charge in [-0.3, -0.25) is 19.7 Å². The summed E-state index contributed by atoms with van der Waals surface area (Å²) in [6.45, 7) is 8.06. The van der Waals surface area contributed by atoms with Crippen LogP contribution in [0.25, 0.3) is 0 Å². The lowest BCUT2D eigenvalue weighted by Crippen LogP contribution is -2.55. The Labute approximate surface area is 175 Å². The van der Waals surface area contributed by atoms with Crippen LogP contribution in [0, 0.1) is 19.8 Å². The molecule has 160 valence electrons. The SMILES string of the molecule is Cc1ccc(CNC(=O)C(=O)Nc2cc(C)nn2C2NC(=O)CC(C(C)C)N2)cc1. The first-order valence-corrected chi connectivity index (χ1v) is 9.99. The van der Waals surface area contributed by atoms with Gasteiger partial charge in [0.2, 0.25) is 5.91 Å². The van der Waals surface area contributed by atoms with Gasteiger partial charge in [0.05, 0.1) is 5.69 Å². The number of hydrogen-bond donors (Lipinski definition) is 4. The third-order valence-electron chi connectivity index (χ3n) is 5.00. The predicted octanol–water partition coefficient (Wildman–Crippen LogP) is 1.35. The maximum Gasteiger partial charge on any atom is 0.314 e. The molecule has 1 aromatic carbocycles. The second-order valence-electron chi connectivity index (χ2n) is 7.93. The lowest BCUT2D eigenvalue weighted by molar-refractivity contribution is -0.136. The average molecular weight is 412 g/mol. The molecule has 2 atom stereocenters. The zero-order chi connectivity index (χ0) is 21.8. The van der Waals surface area contributed by atoms with Gasteiger partial charge in [0.25, 0.3) is 0 Å². The van der Waals surface area contributed by atoms with Crippen LogP contribution < -0.4 is 21.3 Å². The zero-order valence-corrected chi connectivity index (χ0v) is 17.7. The molecule has 1 fully saturated rings. The standard InChI is InChI=1S/C21H28N6O3/c1-12(2)16-10-18(28)25-21(23-16)27-17(9-14(4)26-27)24-20(30)19(29)22-11-15-7-5-13(3)6-8-15/h5-9,12,16,21,23H,10-11H2,1-4H3,(H,22,29)(H,24,30)(H,25,28). The highest BCUT2D eigenvalue weighted by Gasteiger charge is 2.30. The first-order chi connectivity index (χ1) is 14.2. The number of hydrogen-bond acceptors (Lipinski definition) is 5. The number of benzene rings is 1. The maximum atomic E-state index is 12.4. The molecule has 2 heterocycles. The van der Waals surface area contributed by atoms with Crippen LogP contribution in [-0.2, 0) is 20.9 Å². The van der Waals surface area contributed by atoms with Crippen LogP contribution in [0.1, 0.15) is 43.4 Å². The van der Waals surface area contributed by atoms with Crippen molar-refractivity contribution in [1.82, 2.24) is 25.7 Å². The third kappa shape index (κ3) is 5.24. The molecule has 0 radical (unpaired) electrons. The first-order valence-electron chi connectivity index (χ1n) is 9.99. The monoisotopic (exact) mass is 412 g/mol. The Morgan fingerprint density at radius 1 is 1.20 bits per heavy atom. The third-order valence-corrected chi connectivity index (χ3v) is 5.00. The van der Waals surface area contributed by atoms with Crippen molar-refractivity contribution in [2.75, 3.05) is 5.32 Å². The number of nitrogens with zero attached hydrogens (tertiary/aromatic N) is 2. The predicted molar refractivity (Wildman–Crippen MR) is 112 cm³/mol. The Bertz CT molecular complexity index is 935. The Morgan fingerprint density at radius 2 is 1.90 bits per heavy atom. The number of carbonyl (C=O) groups excluding carboxylic acids is 3. The van der Waals surface area contributed by atoms with E-state index in [-0.39, 0.29) is 24.4 Å². The highest BCUT2D eigenvalue weighted by molar-refractivity contribution is 6.39. The van der Waals surface area contributed by atoms with E-state index in [4.69, 9.17) is 0 Å². The van der Waals surface area contributed by atoms with Crippen LogP contribution in [0.15, 0.2) is 30.3 Å². The summed E-state index contributed by atoms with van der Waals surface area (Å²) in [4.78, 5) is 36.7. The van der Waals surface area contributed by atoms with E-state index < -0.39 is 18.1 Å². The van der Waals surface area contributed by atoms with Crippen LogP contribution in [0.5, 0.6) is 0 Å². The number of rotatable bonds is 5. The van der Waals surface area contributed by atoms with Gasteiger partial charge in [-0.2, -0.15) is 5.10 Å². The number of nitrogens with one attached hydrogen (secondary N) is 4. The highest BCUT2D eigenvalue weighted by Crippen LogP contribution is 2.19. The average Bonchev–Trinajstić information content (AvgIpc) is 3.06. The zero-order valence-electron chi connectivity index (χ0n) is 17.7. The minimum atomic E-state index is -0.800. The highest BCUT2D eigenvalue weighted by atomic mass is 16.2. The lowest BCUT2D eigenvalue weighted by Gasteiger charge is -2.34. The van der Waals surface area contributed by atoms with Gasteiger partial charge >= 0.3 is 11.8 Å². The van der Waals surface area contributed by atoms with Gasteiger partial charge in [0, 0.05) is 25.1 Å². The van der Waals surface area contributed by atoms with Crippen molar-refractivity contribution in [2.24, 2.45) is 5.92 Å². The van der Waals surface area contributed by atoms with Crippen molar-refractivity contribution < 1.29 is 14.4 Å². The largest absolute Gasteiger partial charge is 0.344 e. The summed E-state index contributed by atoms with van der Waals surface area (Å²) in [5.74, 6) is -1.07. The molecule has 1 aromatic heterocycles. The smallest absolute Gasteiger partial charge is 0.314 e. The van der Waals surface area contributed by atoms with Gasteiger partial charge in [0.1, 0.15) is 5.82 Å². The second-order valence-corrected chi connectivity index (χ2v) is 7.93. The summed E-state index contributed by atoms with van der Waals surface area (Å²) in [5, 5.41) is 15.7. The molecule has 4 N–H and O–H groups in total. The van der Waals surface area contributed by atoms with Crippen molar-refractivity contribution in [1.29, 1.82) is 0 Å². The summed E-state index contributed by atoms with van der Waals surface area (Å²) in [7, 11) is 0. The molecule has 0 spiro atoms. The minimum Gasteiger partial charge on any atom is -0.344 e. The fourth-order valence-electron chi connectivity index (χ4n) is 3.22. The van der Waals surface area contributed by atoms with Gasteiger partial charge in [-0.1, -0.05) is 43.7 Å². The van der Waals surface area contributed by atoms with Crippen LogP contribution in [0.4, 0.5) is 5.82 Å². The van der Waals surface area contributed by atoms with E-state index in [1.165, 1.54) is 4.68 Å². The molecule has 2 aromatic rings. The summed E-state index contributed by atoms with van der Waals surface area (Å²) >= 11 is 0. The molecule has 0 saturated carbocycles. The van der Waals surface area contributed by atoms with Gasteiger partial charge in [-0.05, 0) is 25.3 Å². The van der Waals surface area contributed by atoms with Gasteiger partial charge in [-0.25, -0.2) is 4.68 Å². The van der Waals surface area contributed by atoms with Crippen LogP contribution in [0.3, 0.4) is 0 Å². The molecule has 30 heavy (non-hydrogen) atoms. The second kappa shape index (κ2) is 9.08. The molecule has 0 bridgehead atoms. The molecule has 1 aliphatic heterocycles. The Morgan fingerprint density at radius 3 is 2.57 bits per heavy atom.